The number of esters is 1. The van der Waals surface area contributed by atoms with Gasteiger partial charge in [-0.1, -0.05) is 12.1 Å². The van der Waals surface area contributed by atoms with Gasteiger partial charge in [0, 0.05) is 13.1 Å². The molecule has 1 aromatic rings. The Labute approximate surface area is 126 Å². The number of carbonyl (C=O) groups is 1. The molecule has 1 rings (SSSR count). The maximum Gasteiger partial charge on any atom is 0.310 e. The van der Waals surface area contributed by atoms with Crippen LogP contribution in [0.1, 0.15) is 12.5 Å². The number of carbonyl (C=O) groups excluding carboxylic acids is 1. The van der Waals surface area contributed by atoms with Crippen molar-refractivity contribution in [3.05, 3.63) is 29.8 Å². The van der Waals surface area contributed by atoms with Crippen molar-refractivity contribution in [1.82, 2.24) is 9.62 Å². The van der Waals surface area contributed by atoms with E-state index in [2.05, 4.69) is 4.72 Å². The summed E-state index contributed by atoms with van der Waals surface area (Å²) in [7, 11) is 0.243. The summed E-state index contributed by atoms with van der Waals surface area (Å²) in [6, 6.07) is 6.23. The van der Waals surface area contributed by atoms with Crippen LogP contribution in [0, 0.1) is 0 Å². The van der Waals surface area contributed by atoms with Crippen LogP contribution in [0.3, 0.4) is 0 Å². The molecule has 118 valence electrons. The summed E-state index contributed by atoms with van der Waals surface area (Å²) in [5.41, 5.74) is 0.723. The van der Waals surface area contributed by atoms with Crippen molar-refractivity contribution in [2.45, 2.75) is 18.2 Å². The Morgan fingerprint density at radius 3 is 2.38 bits per heavy atom. The molecular weight excluding hydrogens is 292 g/mol. The van der Waals surface area contributed by atoms with Gasteiger partial charge in [-0.25, -0.2) is 13.1 Å². The largest absolute Gasteiger partial charge is 0.466 e. The minimum Gasteiger partial charge on any atom is -0.466 e. The molecule has 0 bridgehead atoms. The van der Waals surface area contributed by atoms with Gasteiger partial charge >= 0.3 is 5.97 Å². The van der Waals surface area contributed by atoms with Gasteiger partial charge in [-0.2, -0.15) is 0 Å². The molecule has 0 spiro atoms. The second kappa shape index (κ2) is 8.11. The Balaban J connectivity index is 2.66. The monoisotopic (exact) mass is 314 g/mol. The zero-order chi connectivity index (χ0) is 15.9. The molecule has 0 aliphatic rings. The Kier molecular flexibility index (Phi) is 6.80. The van der Waals surface area contributed by atoms with Crippen LogP contribution in [0.5, 0.6) is 0 Å². The van der Waals surface area contributed by atoms with Crippen LogP contribution >= 0.6 is 0 Å². The van der Waals surface area contributed by atoms with Crippen LogP contribution in [0.25, 0.3) is 0 Å². The first-order chi connectivity index (χ1) is 9.85. The number of nitrogens with zero attached hydrogens (tertiary/aromatic N) is 1. The lowest BCUT2D eigenvalue weighted by atomic mass is 10.1. The molecule has 0 heterocycles. The number of sulfonamides is 1. The van der Waals surface area contributed by atoms with Crippen LogP contribution in [-0.2, 0) is 26.0 Å². The van der Waals surface area contributed by atoms with Gasteiger partial charge in [-0.15, -0.1) is 0 Å². The van der Waals surface area contributed by atoms with Crippen LogP contribution in [0.15, 0.2) is 29.2 Å². The lowest BCUT2D eigenvalue weighted by molar-refractivity contribution is -0.142. The molecule has 0 fully saturated rings. The Hall–Kier alpha value is -1.44. The summed E-state index contributed by atoms with van der Waals surface area (Å²) in [4.78, 5) is 13.4. The second-order valence-electron chi connectivity index (χ2n) is 4.83. The molecule has 0 radical (unpaired) electrons. The second-order valence-corrected chi connectivity index (χ2v) is 6.59. The highest BCUT2D eigenvalue weighted by atomic mass is 32.2. The first-order valence-electron chi connectivity index (χ1n) is 6.74. The Bertz CT molecular complexity index is 553. The van der Waals surface area contributed by atoms with Gasteiger partial charge in [0.2, 0.25) is 10.0 Å². The lowest BCUT2D eigenvalue weighted by Crippen LogP contribution is -2.31. The molecule has 0 aliphatic heterocycles. The number of ether oxygens (including phenoxy) is 1. The van der Waals surface area contributed by atoms with Gasteiger partial charge in [0.1, 0.15) is 0 Å². The van der Waals surface area contributed by atoms with E-state index in [0.717, 1.165) is 5.56 Å². The number of hydrogen-bond donors (Lipinski definition) is 1. The van der Waals surface area contributed by atoms with Crippen molar-refractivity contribution in [2.75, 3.05) is 33.8 Å². The first kappa shape index (κ1) is 17.6. The van der Waals surface area contributed by atoms with E-state index in [-0.39, 0.29) is 17.3 Å². The van der Waals surface area contributed by atoms with Crippen LogP contribution in [0.4, 0.5) is 0 Å². The van der Waals surface area contributed by atoms with Gasteiger partial charge in [-0.3, -0.25) is 4.79 Å². The van der Waals surface area contributed by atoms with Gasteiger partial charge in [-0.05, 0) is 38.7 Å². The van der Waals surface area contributed by atoms with Gasteiger partial charge < -0.3 is 9.64 Å². The summed E-state index contributed by atoms with van der Waals surface area (Å²) >= 11 is 0. The van der Waals surface area contributed by atoms with Gasteiger partial charge in [0.05, 0.1) is 17.9 Å². The highest BCUT2D eigenvalue weighted by Crippen LogP contribution is 2.11. The van der Waals surface area contributed by atoms with E-state index in [1.165, 1.54) is 12.1 Å². The van der Waals surface area contributed by atoms with E-state index in [1.54, 1.807) is 19.1 Å². The van der Waals surface area contributed by atoms with E-state index in [9.17, 15) is 13.2 Å². The molecule has 21 heavy (non-hydrogen) atoms. The van der Waals surface area contributed by atoms with E-state index >= 15 is 0 Å². The summed E-state index contributed by atoms with van der Waals surface area (Å²) in [6.45, 7) is 3.05. The minimum atomic E-state index is -3.50. The number of nitrogens with one attached hydrogen (secondary N) is 1. The highest BCUT2D eigenvalue weighted by molar-refractivity contribution is 7.89. The first-order valence-corrected chi connectivity index (χ1v) is 8.22. The SMILES string of the molecule is CCOC(=O)Cc1ccc(S(=O)(=O)NCCN(C)C)cc1. The van der Waals surface area contributed by atoms with Crippen LogP contribution in [0.2, 0.25) is 0 Å². The molecule has 0 saturated carbocycles. The van der Waals surface area contributed by atoms with Crippen LogP contribution in [-0.4, -0.2) is 53.1 Å². The molecule has 0 atom stereocenters. The normalized spacial score (nSPS) is 11.6. The summed E-state index contributed by atoms with van der Waals surface area (Å²) < 4.78 is 31.4. The third-order valence-electron chi connectivity index (χ3n) is 2.74. The number of hydrogen-bond acceptors (Lipinski definition) is 5. The number of rotatable bonds is 8. The van der Waals surface area contributed by atoms with Crippen molar-refractivity contribution in [3.8, 4) is 0 Å². The predicted molar refractivity (Wildman–Crippen MR) is 80.5 cm³/mol. The van der Waals surface area contributed by atoms with E-state index < -0.39 is 10.0 Å². The lowest BCUT2D eigenvalue weighted by Gasteiger charge is -2.11. The molecule has 0 aromatic heterocycles. The quantitative estimate of drug-likeness (QED) is 0.712. The molecule has 0 unspecified atom stereocenters. The van der Waals surface area contributed by atoms with Gasteiger partial charge in [0.25, 0.3) is 0 Å². The predicted octanol–water partition coefficient (Wildman–Crippen LogP) is 0.632. The molecule has 1 N–H and O–H groups in total. The average molecular weight is 314 g/mol. The minimum absolute atomic E-state index is 0.141. The fourth-order valence-electron chi connectivity index (χ4n) is 1.65. The maximum atomic E-state index is 12.0. The summed E-state index contributed by atoms with van der Waals surface area (Å²) in [5.74, 6) is -0.322. The third-order valence-corrected chi connectivity index (χ3v) is 4.22. The van der Waals surface area contributed by atoms with Crippen molar-refractivity contribution in [1.29, 1.82) is 0 Å². The highest BCUT2D eigenvalue weighted by Gasteiger charge is 2.13. The molecule has 0 saturated heterocycles. The molecule has 6 nitrogen and oxygen atoms in total. The van der Waals surface area contributed by atoms with E-state index in [0.29, 0.717) is 19.7 Å². The van der Waals surface area contributed by atoms with Crippen molar-refractivity contribution in [3.63, 3.8) is 0 Å². The van der Waals surface area contributed by atoms with Crippen molar-refractivity contribution < 1.29 is 17.9 Å². The number of likely N-dealkylation sites (N-methyl/N-ethyl adjacent to an activating group) is 1. The van der Waals surface area contributed by atoms with Gasteiger partial charge in [0.15, 0.2) is 0 Å². The summed E-state index contributed by atoms with van der Waals surface area (Å²) in [6.07, 6.45) is 0.141. The molecule has 7 heteroatoms. The third kappa shape index (κ3) is 6.24. The average Bonchev–Trinajstić information content (AvgIpc) is 2.38. The number of benzene rings is 1. The van der Waals surface area contributed by atoms with Crippen molar-refractivity contribution >= 4 is 16.0 Å². The molecule has 1 aromatic carbocycles. The Morgan fingerprint density at radius 1 is 1.24 bits per heavy atom. The molecule has 0 amide bonds. The zero-order valence-corrected chi connectivity index (χ0v) is 13.4. The maximum absolute atomic E-state index is 12.0. The smallest absolute Gasteiger partial charge is 0.310 e. The topological polar surface area (TPSA) is 75.7 Å². The van der Waals surface area contributed by atoms with Crippen molar-refractivity contribution in [2.24, 2.45) is 0 Å². The summed E-state index contributed by atoms with van der Waals surface area (Å²) in [5, 5.41) is 0. The van der Waals surface area contributed by atoms with E-state index in [1.807, 2.05) is 19.0 Å². The fourth-order valence-corrected chi connectivity index (χ4v) is 2.67. The Morgan fingerprint density at radius 2 is 1.86 bits per heavy atom. The standard InChI is InChI=1S/C14H22N2O4S/c1-4-20-14(17)11-12-5-7-13(8-6-12)21(18,19)15-9-10-16(2)3/h5-8,15H,4,9-11H2,1-3H3. The van der Waals surface area contributed by atoms with Crippen LogP contribution < -0.4 is 4.72 Å². The molecule has 0 aliphatic carbocycles. The zero-order valence-electron chi connectivity index (χ0n) is 12.6. The fraction of sp³-hybridized carbons (Fsp3) is 0.500. The van der Waals surface area contributed by atoms with E-state index in [4.69, 9.17) is 4.74 Å². The molecular formula is C14H22N2O4S.